The summed E-state index contributed by atoms with van der Waals surface area (Å²) in [5.41, 5.74) is 0.879. The van der Waals surface area contributed by atoms with Gasteiger partial charge in [-0.25, -0.2) is 9.97 Å². The first-order valence-electron chi connectivity index (χ1n) is 5.35. The van der Waals surface area contributed by atoms with Crippen LogP contribution in [-0.2, 0) is 4.79 Å². The minimum Gasteiger partial charge on any atom is -0.299 e. The van der Waals surface area contributed by atoms with Crippen molar-refractivity contribution in [3.05, 3.63) is 23.0 Å². The summed E-state index contributed by atoms with van der Waals surface area (Å²) < 4.78 is 0. The minimum atomic E-state index is -0.0977. The lowest BCUT2D eigenvalue weighted by atomic mass is 9.96. The molecule has 0 bridgehead atoms. The summed E-state index contributed by atoms with van der Waals surface area (Å²) in [5, 5.41) is 1.03. The number of aryl methyl sites for hydroxylation is 1. The van der Waals surface area contributed by atoms with Crippen molar-refractivity contribution in [2.75, 3.05) is 0 Å². The monoisotopic (exact) mass is 234 g/mol. The van der Waals surface area contributed by atoms with Gasteiger partial charge in [-0.3, -0.25) is 4.79 Å². The first kappa shape index (κ1) is 11.2. The Morgan fingerprint density at radius 2 is 2.25 bits per heavy atom. The van der Waals surface area contributed by atoms with E-state index in [1.165, 1.54) is 4.88 Å². The fourth-order valence-electron chi connectivity index (χ4n) is 1.95. The molecule has 84 valence electrons. The molecule has 0 fully saturated rings. The van der Waals surface area contributed by atoms with Crippen molar-refractivity contribution in [2.45, 2.75) is 33.1 Å². The van der Waals surface area contributed by atoms with Crippen molar-refractivity contribution in [1.29, 1.82) is 0 Å². The normalized spacial score (nSPS) is 12.9. The molecular formula is C12H14N2OS. The van der Waals surface area contributed by atoms with Crippen LogP contribution in [-0.4, -0.2) is 15.8 Å². The van der Waals surface area contributed by atoms with Crippen molar-refractivity contribution < 1.29 is 4.79 Å². The number of thiophene rings is 1. The number of ketones is 1. The molecule has 3 nitrogen and oxygen atoms in total. The Balaban J connectivity index is 2.62. The molecule has 0 aromatic carbocycles. The minimum absolute atomic E-state index is 0.0977. The van der Waals surface area contributed by atoms with E-state index in [1.807, 2.05) is 13.8 Å². The molecule has 2 aromatic heterocycles. The predicted octanol–water partition coefficient (Wildman–Crippen LogP) is 3.08. The van der Waals surface area contributed by atoms with E-state index in [4.69, 9.17) is 0 Å². The summed E-state index contributed by atoms with van der Waals surface area (Å²) in [4.78, 5) is 22.3. The lowest BCUT2D eigenvalue weighted by Gasteiger charge is -2.10. The summed E-state index contributed by atoms with van der Waals surface area (Å²) in [7, 11) is 0. The zero-order valence-electron chi connectivity index (χ0n) is 9.65. The highest BCUT2D eigenvalue weighted by molar-refractivity contribution is 7.18. The summed E-state index contributed by atoms with van der Waals surface area (Å²) in [6.07, 6.45) is 2.34. The maximum absolute atomic E-state index is 11.6. The predicted molar refractivity (Wildman–Crippen MR) is 65.9 cm³/mol. The standard InChI is InChI=1S/C12H14N2OS/c1-4-9(8(3)15)11-10-5-7(2)16-12(10)14-6-13-11/h5-6,9H,4H2,1-3H3. The van der Waals surface area contributed by atoms with Crippen LogP contribution in [0.5, 0.6) is 0 Å². The molecule has 0 spiro atoms. The van der Waals surface area contributed by atoms with Gasteiger partial charge >= 0.3 is 0 Å². The lowest BCUT2D eigenvalue weighted by Crippen LogP contribution is -2.10. The number of hydrogen-bond acceptors (Lipinski definition) is 4. The number of carbonyl (C=O) groups excluding carboxylic acids is 1. The average Bonchev–Trinajstić information content (AvgIpc) is 2.59. The maximum Gasteiger partial charge on any atom is 0.138 e. The molecule has 0 N–H and O–H groups in total. The van der Waals surface area contributed by atoms with Gasteiger partial charge in [0.2, 0.25) is 0 Å². The van der Waals surface area contributed by atoms with Crippen LogP contribution in [0.3, 0.4) is 0 Å². The molecule has 1 atom stereocenters. The Morgan fingerprint density at radius 1 is 1.50 bits per heavy atom. The Kier molecular flexibility index (Phi) is 3.01. The van der Waals surface area contributed by atoms with Gasteiger partial charge in [0.1, 0.15) is 16.9 Å². The van der Waals surface area contributed by atoms with Crippen LogP contribution in [0.15, 0.2) is 12.4 Å². The Morgan fingerprint density at radius 3 is 2.88 bits per heavy atom. The Labute approximate surface area is 98.5 Å². The van der Waals surface area contributed by atoms with Crippen LogP contribution in [0.1, 0.15) is 36.8 Å². The topological polar surface area (TPSA) is 42.9 Å². The zero-order valence-corrected chi connectivity index (χ0v) is 10.5. The lowest BCUT2D eigenvalue weighted by molar-refractivity contribution is -0.118. The fourth-order valence-corrected chi connectivity index (χ4v) is 2.80. The number of aromatic nitrogens is 2. The van der Waals surface area contributed by atoms with Gasteiger partial charge in [0.25, 0.3) is 0 Å². The zero-order chi connectivity index (χ0) is 11.7. The molecule has 0 saturated heterocycles. The summed E-state index contributed by atoms with van der Waals surface area (Å²) in [6.45, 7) is 5.69. The largest absolute Gasteiger partial charge is 0.299 e. The van der Waals surface area contributed by atoms with Gasteiger partial charge in [-0.2, -0.15) is 0 Å². The quantitative estimate of drug-likeness (QED) is 0.819. The van der Waals surface area contributed by atoms with Crippen molar-refractivity contribution in [3.63, 3.8) is 0 Å². The van der Waals surface area contributed by atoms with Gasteiger partial charge in [0, 0.05) is 10.3 Å². The van der Waals surface area contributed by atoms with Gasteiger partial charge in [-0.1, -0.05) is 6.92 Å². The second-order valence-electron chi connectivity index (χ2n) is 3.91. The Bertz CT molecular complexity index is 533. The summed E-state index contributed by atoms with van der Waals surface area (Å²) in [5.74, 6) is 0.0749. The first-order chi connectivity index (χ1) is 7.63. The van der Waals surface area contributed by atoms with Crippen LogP contribution >= 0.6 is 11.3 Å². The molecule has 2 heterocycles. The van der Waals surface area contributed by atoms with E-state index in [2.05, 4.69) is 16.0 Å². The number of rotatable bonds is 3. The average molecular weight is 234 g/mol. The molecule has 0 aliphatic rings. The van der Waals surface area contributed by atoms with E-state index in [0.717, 1.165) is 22.3 Å². The van der Waals surface area contributed by atoms with Gasteiger partial charge in [-0.05, 0) is 26.3 Å². The van der Waals surface area contributed by atoms with E-state index in [0.29, 0.717) is 0 Å². The van der Waals surface area contributed by atoms with Gasteiger partial charge < -0.3 is 0 Å². The van der Waals surface area contributed by atoms with Crippen LogP contribution in [0.4, 0.5) is 0 Å². The highest BCUT2D eigenvalue weighted by atomic mass is 32.1. The third kappa shape index (κ3) is 1.85. The molecule has 4 heteroatoms. The van der Waals surface area contributed by atoms with E-state index < -0.39 is 0 Å². The third-order valence-electron chi connectivity index (χ3n) is 2.71. The molecule has 0 saturated carbocycles. The van der Waals surface area contributed by atoms with E-state index in [-0.39, 0.29) is 11.7 Å². The van der Waals surface area contributed by atoms with E-state index >= 15 is 0 Å². The van der Waals surface area contributed by atoms with Crippen LogP contribution < -0.4 is 0 Å². The van der Waals surface area contributed by atoms with Gasteiger partial charge in [0.05, 0.1) is 11.6 Å². The van der Waals surface area contributed by atoms with Crippen LogP contribution in [0.25, 0.3) is 10.2 Å². The molecule has 0 radical (unpaired) electrons. The highest BCUT2D eigenvalue weighted by Crippen LogP contribution is 2.30. The number of Topliss-reactive ketones (excluding diaryl/α,β-unsaturated/α-hetero) is 1. The molecule has 16 heavy (non-hydrogen) atoms. The molecule has 1 unspecified atom stereocenters. The van der Waals surface area contributed by atoms with Crippen molar-refractivity contribution in [3.8, 4) is 0 Å². The number of fused-ring (bicyclic) bond motifs is 1. The van der Waals surface area contributed by atoms with Gasteiger partial charge in [-0.15, -0.1) is 11.3 Å². The molecule has 0 aliphatic heterocycles. The number of carbonyl (C=O) groups is 1. The smallest absolute Gasteiger partial charge is 0.138 e. The van der Waals surface area contributed by atoms with Crippen LogP contribution in [0, 0.1) is 6.92 Å². The molecule has 2 aromatic rings. The van der Waals surface area contributed by atoms with Crippen LogP contribution in [0.2, 0.25) is 0 Å². The van der Waals surface area contributed by atoms with E-state index in [9.17, 15) is 4.79 Å². The molecule has 2 rings (SSSR count). The molecular weight excluding hydrogens is 220 g/mol. The van der Waals surface area contributed by atoms with Gasteiger partial charge in [0.15, 0.2) is 0 Å². The molecule has 0 aliphatic carbocycles. The number of nitrogens with zero attached hydrogens (tertiary/aromatic N) is 2. The Hall–Kier alpha value is -1.29. The van der Waals surface area contributed by atoms with Crippen molar-refractivity contribution in [1.82, 2.24) is 9.97 Å². The SMILES string of the molecule is CCC(C(C)=O)c1ncnc2sc(C)cc12. The number of hydrogen-bond donors (Lipinski definition) is 0. The summed E-state index contributed by atoms with van der Waals surface area (Å²) in [6, 6.07) is 2.07. The second-order valence-corrected chi connectivity index (χ2v) is 5.14. The second kappa shape index (κ2) is 4.29. The maximum atomic E-state index is 11.6. The first-order valence-corrected chi connectivity index (χ1v) is 6.16. The fraction of sp³-hybridized carbons (Fsp3) is 0.417. The van der Waals surface area contributed by atoms with E-state index in [1.54, 1.807) is 24.6 Å². The third-order valence-corrected chi connectivity index (χ3v) is 3.67. The highest BCUT2D eigenvalue weighted by Gasteiger charge is 2.19. The summed E-state index contributed by atoms with van der Waals surface area (Å²) >= 11 is 1.64. The van der Waals surface area contributed by atoms with Crippen molar-refractivity contribution >= 4 is 27.3 Å². The van der Waals surface area contributed by atoms with Crippen molar-refractivity contribution in [2.24, 2.45) is 0 Å². The molecule has 0 amide bonds.